The number of aryl methyl sites for hydroxylation is 1. The second kappa shape index (κ2) is 7.40. The van der Waals surface area contributed by atoms with Crippen molar-refractivity contribution in [3.8, 4) is 0 Å². The smallest absolute Gasteiger partial charge is 0.330 e. The molecule has 1 fully saturated rings. The topological polar surface area (TPSA) is 75.6 Å². The van der Waals surface area contributed by atoms with Crippen LogP contribution in [0, 0.1) is 13.8 Å². The largest absolute Gasteiger partial charge is 0.479 e. The predicted octanol–water partition coefficient (Wildman–Crippen LogP) is 2.50. The molecule has 0 aromatic heterocycles. The first-order valence-electron chi connectivity index (χ1n) is 7.69. The minimum Gasteiger partial charge on any atom is -0.479 e. The molecule has 0 spiro atoms. The van der Waals surface area contributed by atoms with E-state index < -0.39 is 12.0 Å². The van der Waals surface area contributed by atoms with Crippen molar-refractivity contribution in [2.75, 3.05) is 6.61 Å². The van der Waals surface area contributed by atoms with Gasteiger partial charge in [0.1, 0.15) is 0 Å². The van der Waals surface area contributed by atoms with Gasteiger partial charge in [0.25, 0.3) is 0 Å². The summed E-state index contributed by atoms with van der Waals surface area (Å²) in [4.78, 5) is 23.6. The van der Waals surface area contributed by atoms with E-state index in [1.165, 1.54) is 0 Å². The van der Waals surface area contributed by atoms with Gasteiger partial charge in [0.05, 0.1) is 6.10 Å². The number of hydrogen-bond donors (Lipinski definition) is 2. The molecule has 2 atom stereocenters. The lowest BCUT2D eigenvalue weighted by Crippen LogP contribution is -2.34. The first-order chi connectivity index (χ1) is 10.5. The Labute approximate surface area is 130 Å². The van der Waals surface area contributed by atoms with Crippen LogP contribution >= 0.6 is 0 Å². The first-order valence-corrected chi connectivity index (χ1v) is 7.69. The normalized spacial score (nSPS) is 18.9. The van der Waals surface area contributed by atoms with Crippen molar-refractivity contribution in [1.29, 1.82) is 0 Å². The van der Waals surface area contributed by atoms with Crippen molar-refractivity contribution in [3.63, 3.8) is 0 Å². The van der Waals surface area contributed by atoms with Gasteiger partial charge in [-0.25, -0.2) is 4.79 Å². The summed E-state index contributed by atoms with van der Waals surface area (Å²) >= 11 is 0. The number of carboxylic acid groups (broad SMARTS) is 1. The molecule has 1 aromatic rings. The van der Waals surface area contributed by atoms with E-state index in [1.807, 2.05) is 26.0 Å². The van der Waals surface area contributed by atoms with Crippen LogP contribution < -0.4 is 5.32 Å². The highest BCUT2D eigenvalue weighted by Crippen LogP contribution is 2.22. The van der Waals surface area contributed by atoms with Crippen molar-refractivity contribution in [2.45, 2.75) is 51.7 Å². The van der Waals surface area contributed by atoms with Crippen LogP contribution in [-0.4, -0.2) is 29.7 Å². The van der Waals surface area contributed by atoms with Crippen LogP contribution in [-0.2, 0) is 14.3 Å². The Morgan fingerprint density at radius 2 is 2.18 bits per heavy atom. The fraction of sp³-hybridized carbons (Fsp3) is 0.529. The zero-order chi connectivity index (χ0) is 16.1. The summed E-state index contributed by atoms with van der Waals surface area (Å²) in [6.07, 6.45) is 3.08. The number of hydrogen-bond acceptors (Lipinski definition) is 3. The molecular weight excluding hydrogens is 282 g/mol. The summed E-state index contributed by atoms with van der Waals surface area (Å²) in [6, 6.07) is 4.49. The van der Waals surface area contributed by atoms with Crippen LogP contribution in [0.1, 0.15) is 48.4 Å². The molecule has 2 N–H and O–H groups in total. The molecule has 120 valence electrons. The van der Waals surface area contributed by atoms with Gasteiger partial charge in [0.15, 0.2) is 6.04 Å². The fourth-order valence-corrected chi connectivity index (χ4v) is 2.76. The molecule has 0 aliphatic carbocycles. The van der Waals surface area contributed by atoms with Crippen molar-refractivity contribution in [1.82, 2.24) is 5.32 Å². The molecule has 1 saturated heterocycles. The Bertz CT molecular complexity index is 550. The lowest BCUT2D eigenvalue weighted by atomic mass is 9.97. The Balaban J connectivity index is 2.00. The summed E-state index contributed by atoms with van der Waals surface area (Å²) in [5.41, 5.74) is 2.55. The number of rotatable bonds is 6. The standard InChI is InChI=1S/C17H23NO4/c1-11-5-3-7-14(12(11)2)16(17(20)21)18-15(19)9-8-13-6-4-10-22-13/h3,5,7,13,16H,4,6,8-10H2,1-2H3,(H,18,19)(H,20,21). The summed E-state index contributed by atoms with van der Waals surface area (Å²) < 4.78 is 5.48. The van der Waals surface area contributed by atoms with Gasteiger partial charge in [-0.3, -0.25) is 4.79 Å². The molecule has 0 radical (unpaired) electrons. The highest BCUT2D eigenvalue weighted by molar-refractivity contribution is 5.84. The fourth-order valence-electron chi connectivity index (χ4n) is 2.76. The van der Waals surface area contributed by atoms with Gasteiger partial charge < -0.3 is 15.2 Å². The molecule has 2 rings (SSSR count). The number of nitrogens with one attached hydrogen (secondary N) is 1. The Morgan fingerprint density at radius 3 is 2.82 bits per heavy atom. The van der Waals surface area contributed by atoms with Gasteiger partial charge in [0, 0.05) is 13.0 Å². The third-order valence-corrected chi connectivity index (χ3v) is 4.23. The number of benzene rings is 1. The van der Waals surface area contributed by atoms with Crippen LogP contribution in [0.3, 0.4) is 0 Å². The highest BCUT2D eigenvalue weighted by atomic mass is 16.5. The predicted molar refractivity (Wildman–Crippen MR) is 82.6 cm³/mol. The van der Waals surface area contributed by atoms with Gasteiger partial charge in [-0.15, -0.1) is 0 Å². The Morgan fingerprint density at radius 1 is 1.41 bits per heavy atom. The number of ether oxygens (including phenoxy) is 1. The van der Waals surface area contributed by atoms with E-state index in [1.54, 1.807) is 6.07 Å². The molecule has 5 nitrogen and oxygen atoms in total. The van der Waals surface area contributed by atoms with Crippen LogP contribution in [0.5, 0.6) is 0 Å². The van der Waals surface area contributed by atoms with Gasteiger partial charge in [-0.05, 0) is 49.8 Å². The van der Waals surface area contributed by atoms with Crippen LogP contribution in [0.25, 0.3) is 0 Å². The molecule has 1 aromatic carbocycles. The second-order valence-electron chi connectivity index (χ2n) is 5.80. The summed E-state index contributed by atoms with van der Waals surface area (Å²) in [5.74, 6) is -1.29. The van der Waals surface area contributed by atoms with Crippen LogP contribution in [0.15, 0.2) is 18.2 Å². The molecule has 0 bridgehead atoms. The average Bonchev–Trinajstić information content (AvgIpc) is 2.99. The third-order valence-electron chi connectivity index (χ3n) is 4.23. The number of carboxylic acids is 1. The van der Waals surface area contributed by atoms with Gasteiger partial charge in [-0.2, -0.15) is 0 Å². The van der Waals surface area contributed by atoms with Crippen LogP contribution in [0.4, 0.5) is 0 Å². The van der Waals surface area contributed by atoms with Crippen molar-refractivity contribution >= 4 is 11.9 Å². The van der Waals surface area contributed by atoms with E-state index in [0.717, 1.165) is 30.6 Å². The monoisotopic (exact) mass is 305 g/mol. The molecule has 2 unspecified atom stereocenters. The SMILES string of the molecule is Cc1cccc(C(NC(=O)CCC2CCCO2)C(=O)O)c1C. The molecule has 0 saturated carbocycles. The maximum Gasteiger partial charge on any atom is 0.330 e. The summed E-state index contributed by atoms with van der Waals surface area (Å²) in [6.45, 7) is 4.56. The van der Waals surface area contributed by atoms with E-state index in [9.17, 15) is 14.7 Å². The van der Waals surface area contributed by atoms with Crippen LogP contribution in [0.2, 0.25) is 0 Å². The molecule has 1 aliphatic rings. The van der Waals surface area contributed by atoms with Crippen molar-refractivity contribution in [3.05, 3.63) is 34.9 Å². The third kappa shape index (κ3) is 4.07. The maximum absolute atomic E-state index is 12.1. The Kier molecular flexibility index (Phi) is 5.55. The van der Waals surface area contributed by atoms with E-state index in [0.29, 0.717) is 18.4 Å². The van der Waals surface area contributed by atoms with Crippen molar-refractivity contribution in [2.24, 2.45) is 0 Å². The average molecular weight is 305 g/mol. The van der Waals surface area contributed by atoms with Crippen molar-refractivity contribution < 1.29 is 19.4 Å². The minimum atomic E-state index is -1.04. The summed E-state index contributed by atoms with van der Waals surface area (Å²) in [7, 11) is 0. The lowest BCUT2D eigenvalue weighted by Gasteiger charge is -2.18. The molecule has 5 heteroatoms. The second-order valence-corrected chi connectivity index (χ2v) is 5.80. The molecule has 22 heavy (non-hydrogen) atoms. The quantitative estimate of drug-likeness (QED) is 0.846. The van der Waals surface area contributed by atoms with E-state index in [4.69, 9.17) is 4.74 Å². The van der Waals surface area contributed by atoms with E-state index in [2.05, 4.69) is 5.32 Å². The number of carbonyl (C=O) groups excluding carboxylic acids is 1. The molecule has 1 amide bonds. The van der Waals surface area contributed by atoms with Gasteiger partial charge in [0.2, 0.25) is 5.91 Å². The molecule has 1 heterocycles. The van der Waals surface area contributed by atoms with Gasteiger partial charge in [-0.1, -0.05) is 18.2 Å². The molecular formula is C17H23NO4. The summed E-state index contributed by atoms with van der Waals surface area (Å²) in [5, 5.41) is 12.1. The minimum absolute atomic E-state index is 0.134. The maximum atomic E-state index is 12.1. The molecule has 1 aliphatic heterocycles. The van der Waals surface area contributed by atoms with E-state index in [-0.39, 0.29) is 12.0 Å². The van der Waals surface area contributed by atoms with E-state index >= 15 is 0 Å². The number of carbonyl (C=O) groups is 2. The zero-order valence-corrected chi connectivity index (χ0v) is 13.1. The zero-order valence-electron chi connectivity index (χ0n) is 13.1. The number of aliphatic carboxylic acids is 1. The lowest BCUT2D eigenvalue weighted by molar-refractivity contribution is -0.142. The first kappa shape index (κ1) is 16.5. The van der Waals surface area contributed by atoms with Gasteiger partial charge >= 0.3 is 5.97 Å². The highest BCUT2D eigenvalue weighted by Gasteiger charge is 2.25. The number of amides is 1. The Hall–Kier alpha value is -1.88.